The summed E-state index contributed by atoms with van der Waals surface area (Å²) in [4.78, 5) is 11.0. The summed E-state index contributed by atoms with van der Waals surface area (Å²) in [7, 11) is 0. The standard InChI is InChI=1S/C17H32O12/c1-13(7-19)14(2,25)15(3,26)16(4,27)17(5,29-13)28-11(8(20)6-18)9(21)10(22)12(23)24/h8-11,18-22,25-27H,6-7H2,1-5H3,(H,23,24). The Bertz CT molecular complexity index is 605. The van der Waals surface area contributed by atoms with Crippen molar-refractivity contribution in [3.63, 3.8) is 0 Å². The van der Waals surface area contributed by atoms with Crippen molar-refractivity contribution in [1.29, 1.82) is 0 Å². The molecule has 1 fully saturated rings. The fourth-order valence-corrected chi connectivity index (χ4v) is 3.45. The molecule has 0 aromatic rings. The van der Waals surface area contributed by atoms with Gasteiger partial charge in [-0.2, -0.15) is 0 Å². The third kappa shape index (κ3) is 3.78. The van der Waals surface area contributed by atoms with Crippen LogP contribution in [0.25, 0.3) is 0 Å². The number of rotatable bonds is 8. The van der Waals surface area contributed by atoms with Crippen LogP contribution in [-0.4, -0.2) is 118 Å². The third-order valence-electron chi connectivity index (χ3n) is 6.37. The van der Waals surface area contributed by atoms with E-state index in [9.17, 15) is 45.6 Å². The molecule has 12 heteroatoms. The van der Waals surface area contributed by atoms with E-state index >= 15 is 0 Å². The summed E-state index contributed by atoms with van der Waals surface area (Å²) >= 11 is 0. The van der Waals surface area contributed by atoms with Crippen LogP contribution in [0.5, 0.6) is 0 Å². The van der Waals surface area contributed by atoms with Crippen molar-refractivity contribution in [2.75, 3.05) is 13.2 Å². The number of aliphatic hydroxyl groups is 8. The first-order chi connectivity index (χ1) is 12.9. The van der Waals surface area contributed by atoms with Crippen LogP contribution in [0.15, 0.2) is 0 Å². The minimum absolute atomic E-state index is 0.862. The topological polar surface area (TPSA) is 218 Å². The van der Waals surface area contributed by atoms with E-state index < -0.39 is 71.8 Å². The minimum Gasteiger partial charge on any atom is -0.479 e. The SMILES string of the molecule is CC1(CO)OC(C)(OC(C(O)CO)C(O)C(O)C(=O)O)C(C)(O)C(C)(O)C1(C)O. The Balaban J connectivity index is 3.52. The van der Waals surface area contributed by atoms with Gasteiger partial charge in [0.2, 0.25) is 0 Å². The molecule has 9 unspecified atom stereocenters. The molecule has 0 aromatic carbocycles. The summed E-state index contributed by atoms with van der Waals surface area (Å²) in [5.74, 6) is -4.25. The van der Waals surface area contributed by atoms with Crippen molar-refractivity contribution in [1.82, 2.24) is 0 Å². The van der Waals surface area contributed by atoms with Crippen LogP contribution in [0.3, 0.4) is 0 Å². The fraction of sp³-hybridized carbons (Fsp3) is 0.941. The van der Waals surface area contributed by atoms with Gasteiger partial charge in [0.25, 0.3) is 0 Å². The first-order valence-electron chi connectivity index (χ1n) is 8.90. The average Bonchev–Trinajstić information content (AvgIpc) is 2.62. The lowest BCUT2D eigenvalue weighted by molar-refractivity contribution is -0.468. The van der Waals surface area contributed by atoms with Gasteiger partial charge in [0.1, 0.15) is 40.7 Å². The average molecular weight is 428 g/mol. The summed E-state index contributed by atoms with van der Waals surface area (Å²) < 4.78 is 11.1. The molecule has 0 bridgehead atoms. The maximum Gasteiger partial charge on any atom is 0.335 e. The van der Waals surface area contributed by atoms with Gasteiger partial charge in [-0.25, -0.2) is 4.79 Å². The van der Waals surface area contributed by atoms with Crippen LogP contribution in [-0.2, 0) is 14.3 Å². The number of carboxylic acids is 1. The Morgan fingerprint density at radius 1 is 0.931 bits per heavy atom. The van der Waals surface area contributed by atoms with E-state index in [0.29, 0.717) is 0 Å². The molecule has 1 aliphatic rings. The summed E-state index contributed by atoms with van der Waals surface area (Å²) in [6.07, 6.45) is -8.70. The molecule has 0 amide bonds. The second-order valence-corrected chi connectivity index (χ2v) is 8.26. The molecule has 1 saturated heterocycles. The molecule has 9 atom stereocenters. The summed E-state index contributed by atoms with van der Waals surface area (Å²) in [5, 5.41) is 90.7. The van der Waals surface area contributed by atoms with Gasteiger partial charge in [0.05, 0.1) is 13.2 Å². The lowest BCUT2D eigenvalue weighted by atomic mass is 9.61. The predicted molar refractivity (Wildman–Crippen MR) is 94.5 cm³/mol. The molecule has 1 aliphatic heterocycles. The van der Waals surface area contributed by atoms with E-state index in [-0.39, 0.29) is 0 Å². The number of aliphatic hydroxyl groups excluding tert-OH is 5. The molecule has 9 N–H and O–H groups in total. The van der Waals surface area contributed by atoms with E-state index in [4.69, 9.17) is 14.6 Å². The highest BCUT2D eigenvalue weighted by molar-refractivity contribution is 5.72. The van der Waals surface area contributed by atoms with E-state index in [1.54, 1.807) is 0 Å². The Morgan fingerprint density at radius 2 is 1.41 bits per heavy atom. The van der Waals surface area contributed by atoms with Crippen LogP contribution in [0.1, 0.15) is 34.6 Å². The van der Waals surface area contributed by atoms with Crippen LogP contribution in [0.4, 0.5) is 0 Å². The van der Waals surface area contributed by atoms with Gasteiger partial charge >= 0.3 is 5.97 Å². The predicted octanol–water partition coefficient (Wildman–Crippen LogP) is -3.72. The quantitative estimate of drug-likeness (QED) is 0.182. The van der Waals surface area contributed by atoms with Crippen LogP contribution >= 0.6 is 0 Å². The number of hydrogen-bond donors (Lipinski definition) is 9. The van der Waals surface area contributed by atoms with E-state index in [2.05, 4.69) is 0 Å². The zero-order valence-corrected chi connectivity index (χ0v) is 17.0. The minimum atomic E-state index is -2.49. The molecular formula is C17H32O12. The molecule has 0 aliphatic carbocycles. The summed E-state index contributed by atoms with van der Waals surface area (Å²) in [6.45, 7) is 3.54. The monoisotopic (exact) mass is 428 g/mol. The Hall–Kier alpha value is -0.930. The number of carboxylic acid groups (broad SMARTS) is 1. The number of hydrogen-bond acceptors (Lipinski definition) is 11. The number of ether oxygens (including phenoxy) is 2. The molecule has 12 nitrogen and oxygen atoms in total. The maximum atomic E-state index is 11.1. The molecule has 0 spiro atoms. The van der Waals surface area contributed by atoms with Gasteiger partial charge in [-0.05, 0) is 34.6 Å². The first kappa shape index (κ1) is 26.1. The highest BCUT2D eigenvalue weighted by atomic mass is 16.7. The Kier molecular flexibility index (Phi) is 7.17. The van der Waals surface area contributed by atoms with Gasteiger partial charge in [0, 0.05) is 0 Å². The molecule has 1 rings (SSSR count). The van der Waals surface area contributed by atoms with Gasteiger partial charge in [-0.3, -0.25) is 0 Å². The van der Waals surface area contributed by atoms with Crippen LogP contribution < -0.4 is 0 Å². The second kappa shape index (κ2) is 7.96. The van der Waals surface area contributed by atoms with Crippen LogP contribution in [0, 0.1) is 0 Å². The highest BCUT2D eigenvalue weighted by Crippen LogP contribution is 2.54. The normalized spacial score (nSPS) is 44.7. The first-order valence-corrected chi connectivity index (χ1v) is 8.90. The van der Waals surface area contributed by atoms with Crippen molar-refractivity contribution >= 4 is 5.97 Å². The molecule has 29 heavy (non-hydrogen) atoms. The smallest absolute Gasteiger partial charge is 0.335 e. The molecule has 0 aromatic heterocycles. The molecule has 1 heterocycles. The lowest BCUT2D eigenvalue weighted by Crippen LogP contribution is -2.85. The van der Waals surface area contributed by atoms with Gasteiger partial charge < -0.3 is 55.4 Å². The largest absolute Gasteiger partial charge is 0.479 e. The van der Waals surface area contributed by atoms with E-state index in [1.807, 2.05) is 0 Å². The van der Waals surface area contributed by atoms with Crippen molar-refractivity contribution in [3.8, 4) is 0 Å². The Labute approximate surface area is 167 Å². The van der Waals surface area contributed by atoms with Gasteiger partial charge in [-0.1, -0.05) is 0 Å². The van der Waals surface area contributed by atoms with E-state index in [0.717, 1.165) is 27.7 Å². The van der Waals surface area contributed by atoms with Crippen molar-refractivity contribution in [2.45, 2.75) is 87.2 Å². The molecule has 172 valence electrons. The van der Waals surface area contributed by atoms with E-state index in [1.165, 1.54) is 6.92 Å². The van der Waals surface area contributed by atoms with Gasteiger partial charge in [0.15, 0.2) is 11.9 Å². The molecule has 0 saturated carbocycles. The number of carbonyl (C=O) groups is 1. The zero-order chi connectivity index (χ0) is 23.2. The van der Waals surface area contributed by atoms with Gasteiger partial charge in [-0.15, -0.1) is 0 Å². The Morgan fingerprint density at radius 3 is 1.79 bits per heavy atom. The lowest BCUT2D eigenvalue weighted by Gasteiger charge is -2.65. The second-order valence-electron chi connectivity index (χ2n) is 8.26. The zero-order valence-electron chi connectivity index (χ0n) is 17.0. The van der Waals surface area contributed by atoms with Crippen LogP contribution in [0.2, 0.25) is 0 Å². The highest BCUT2D eigenvalue weighted by Gasteiger charge is 2.75. The van der Waals surface area contributed by atoms with Crippen molar-refractivity contribution in [2.24, 2.45) is 0 Å². The molecular weight excluding hydrogens is 396 g/mol. The van der Waals surface area contributed by atoms with Crippen molar-refractivity contribution < 1.29 is 60.2 Å². The fourth-order valence-electron chi connectivity index (χ4n) is 3.45. The summed E-state index contributed by atoms with van der Waals surface area (Å²) in [6, 6.07) is 0. The molecule has 0 radical (unpaired) electrons. The maximum absolute atomic E-state index is 11.1. The summed E-state index contributed by atoms with van der Waals surface area (Å²) in [5.41, 5.74) is -9.10. The number of aliphatic carboxylic acids is 1. The van der Waals surface area contributed by atoms with Crippen molar-refractivity contribution in [3.05, 3.63) is 0 Å². The third-order valence-corrected chi connectivity index (χ3v) is 6.37.